The molecular weight excluding hydrogens is 338 g/mol. The Morgan fingerprint density at radius 1 is 1.00 bits per heavy atom. The van der Waals surface area contributed by atoms with E-state index in [9.17, 15) is 8.42 Å². The van der Waals surface area contributed by atoms with E-state index in [-0.39, 0.29) is 18.2 Å². The van der Waals surface area contributed by atoms with Crippen molar-refractivity contribution in [3.8, 4) is 11.5 Å². The van der Waals surface area contributed by atoms with Crippen molar-refractivity contribution in [3.05, 3.63) is 71.1 Å². The van der Waals surface area contributed by atoms with Gasteiger partial charge >= 0.3 is 0 Å². The quantitative estimate of drug-likeness (QED) is 0.733. The number of benzene rings is 2. The third kappa shape index (κ3) is 4.74. The lowest BCUT2D eigenvalue weighted by molar-refractivity contribution is 0.494. The molecule has 0 radical (unpaired) electrons. The number of nitrogens with zero attached hydrogens (tertiary/aromatic N) is 2. The summed E-state index contributed by atoms with van der Waals surface area (Å²) < 4.78 is 32.4. The van der Waals surface area contributed by atoms with Gasteiger partial charge in [-0.2, -0.15) is 0 Å². The molecule has 6 nitrogen and oxygen atoms in total. The zero-order valence-electron chi connectivity index (χ0n) is 14.1. The molecule has 0 unspecified atom stereocenters. The molecule has 130 valence electrons. The van der Waals surface area contributed by atoms with Crippen LogP contribution in [0.3, 0.4) is 0 Å². The van der Waals surface area contributed by atoms with Crippen molar-refractivity contribution in [1.82, 2.24) is 14.9 Å². The van der Waals surface area contributed by atoms with Crippen molar-refractivity contribution in [2.45, 2.75) is 26.1 Å². The number of aromatic nitrogens is 2. The molecule has 1 aromatic heterocycles. The molecule has 0 amide bonds. The summed E-state index contributed by atoms with van der Waals surface area (Å²) in [6, 6.07) is 15.1. The fraction of sp³-hybridized carbons (Fsp3) is 0.222. The Morgan fingerprint density at radius 2 is 1.72 bits per heavy atom. The minimum absolute atomic E-state index is 0.0348. The van der Waals surface area contributed by atoms with Crippen molar-refractivity contribution >= 4 is 10.0 Å². The largest absolute Gasteiger partial charge is 0.419 e. The van der Waals surface area contributed by atoms with E-state index in [1.165, 1.54) is 0 Å². The normalized spacial score (nSPS) is 11.6. The molecule has 0 aliphatic heterocycles. The standard InChI is InChI=1S/C18H19N3O3S/c1-13-5-3-7-15(9-13)12-25(22,23)19-11-17-20-21-18(24-17)16-8-4-6-14(2)10-16/h3-10,19H,11-12H2,1-2H3. The Bertz CT molecular complexity index is 980. The average Bonchev–Trinajstić information content (AvgIpc) is 3.02. The molecule has 7 heteroatoms. The fourth-order valence-electron chi connectivity index (χ4n) is 2.46. The van der Waals surface area contributed by atoms with Crippen molar-refractivity contribution in [2.75, 3.05) is 0 Å². The van der Waals surface area contributed by atoms with Crippen LogP contribution in [0.4, 0.5) is 0 Å². The summed E-state index contributed by atoms with van der Waals surface area (Å²) in [6.07, 6.45) is 0. The first kappa shape index (κ1) is 17.3. The summed E-state index contributed by atoms with van der Waals surface area (Å²) >= 11 is 0. The van der Waals surface area contributed by atoms with Crippen LogP contribution in [0, 0.1) is 13.8 Å². The average molecular weight is 357 g/mol. The molecule has 0 aliphatic rings. The van der Waals surface area contributed by atoms with Crippen molar-refractivity contribution in [2.24, 2.45) is 0 Å². The Morgan fingerprint density at radius 3 is 2.44 bits per heavy atom. The zero-order chi connectivity index (χ0) is 17.9. The predicted molar refractivity (Wildman–Crippen MR) is 95.1 cm³/mol. The van der Waals surface area contributed by atoms with Crippen molar-refractivity contribution in [3.63, 3.8) is 0 Å². The summed E-state index contributed by atoms with van der Waals surface area (Å²) in [5.41, 5.74) is 3.64. The second-order valence-corrected chi connectivity index (χ2v) is 7.75. The first-order chi connectivity index (χ1) is 11.9. The monoisotopic (exact) mass is 357 g/mol. The van der Waals surface area contributed by atoms with Gasteiger partial charge in [-0.05, 0) is 31.5 Å². The van der Waals surface area contributed by atoms with Crippen LogP contribution in [0.25, 0.3) is 11.5 Å². The molecule has 25 heavy (non-hydrogen) atoms. The number of nitrogens with one attached hydrogen (secondary N) is 1. The Hall–Kier alpha value is -2.51. The van der Waals surface area contributed by atoms with Gasteiger partial charge in [0.1, 0.15) is 0 Å². The highest BCUT2D eigenvalue weighted by Gasteiger charge is 2.14. The van der Waals surface area contributed by atoms with Crippen molar-refractivity contribution in [1.29, 1.82) is 0 Å². The van der Waals surface area contributed by atoms with E-state index < -0.39 is 10.0 Å². The fourth-order valence-corrected chi connectivity index (χ4v) is 3.53. The lowest BCUT2D eigenvalue weighted by atomic mass is 10.1. The minimum Gasteiger partial charge on any atom is -0.419 e. The minimum atomic E-state index is -3.49. The van der Waals surface area contributed by atoms with Crippen LogP contribution in [-0.2, 0) is 22.3 Å². The highest BCUT2D eigenvalue weighted by Crippen LogP contribution is 2.18. The lowest BCUT2D eigenvalue weighted by Crippen LogP contribution is -2.24. The zero-order valence-corrected chi connectivity index (χ0v) is 14.9. The maximum Gasteiger partial charge on any atom is 0.247 e. The van der Waals surface area contributed by atoms with E-state index in [1.54, 1.807) is 6.07 Å². The summed E-state index contributed by atoms with van der Waals surface area (Å²) in [6.45, 7) is 3.86. The molecule has 0 saturated carbocycles. The first-order valence-electron chi connectivity index (χ1n) is 7.83. The van der Waals surface area contributed by atoms with Crippen molar-refractivity contribution < 1.29 is 12.8 Å². The summed E-state index contributed by atoms with van der Waals surface area (Å²) in [4.78, 5) is 0. The molecule has 0 spiro atoms. The number of rotatable bonds is 6. The lowest BCUT2D eigenvalue weighted by Gasteiger charge is -2.05. The smallest absolute Gasteiger partial charge is 0.247 e. The van der Waals surface area contributed by atoms with Crippen LogP contribution < -0.4 is 4.72 Å². The molecule has 0 atom stereocenters. The molecule has 2 aromatic carbocycles. The second kappa shape index (κ2) is 7.16. The van der Waals surface area contributed by atoms with Gasteiger partial charge in [0.25, 0.3) is 0 Å². The molecule has 0 fully saturated rings. The van der Waals surface area contributed by atoms with Gasteiger partial charge in [0.2, 0.25) is 21.8 Å². The number of hydrogen-bond donors (Lipinski definition) is 1. The molecular formula is C18H19N3O3S. The SMILES string of the molecule is Cc1cccc(CS(=O)(=O)NCc2nnc(-c3cccc(C)c3)o2)c1. The molecule has 0 bridgehead atoms. The van der Waals surface area contributed by atoms with Crippen LogP contribution in [0.15, 0.2) is 52.9 Å². The van der Waals surface area contributed by atoms with Crippen LogP contribution in [0.1, 0.15) is 22.6 Å². The number of hydrogen-bond acceptors (Lipinski definition) is 5. The molecule has 0 saturated heterocycles. The van der Waals surface area contributed by atoms with Crippen LogP contribution in [-0.4, -0.2) is 18.6 Å². The highest BCUT2D eigenvalue weighted by molar-refractivity contribution is 7.88. The molecule has 0 aliphatic carbocycles. The van der Waals surface area contributed by atoms with Gasteiger partial charge in [-0.1, -0.05) is 47.5 Å². The third-order valence-electron chi connectivity index (χ3n) is 3.61. The molecule has 3 rings (SSSR count). The van der Waals surface area contributed by atoms with Crippen LogP contribution in [0.2, 0.25) is 0 Å². The van der Waals surface area contributed by atoms with E-state index in [1.807, 2.05) is 56.3 Å². The van der Waals surface area contributed by atoms with Gasteiger partial charge < -0.3 is 4.42 Å². The van der Waals surface area contributed by atoms with Crippen LogP contribution in [0.5, 0.6) is 0 Å². The Labute approximate surface area is 147 Å². The highest BCUT2D eigenvalue weighted by atomic mass is 32.2. The van der Waals surface area contributed by atoms with E-state index in [4.69, 9.17) is 4.42 Å². The number of sulfonamides is 1. The summed E-state index contributed by atoms with van der Waals surface area (Å²) in [5, 5.41) is 7.88. The number of aryl methyl sites for hydroxylation is 2. The third-order valence-corrected chi connectivity index (χ3v) is 4.91. The Kier molecular flexibility index (Phi) is 4.96. The second-order valence-electron chi connectivity index (χ2n) is 5.94. The maximum atomic E-state index is 12.2. The predicted octanol–water partition coefficient (Wildman–Crippen LogP) is 2.97. The van der Waals surface area contributed by atoms with E-state index in [0.717, 1.165) is 22.3 Å². The van der Waals surface area contributed by atoms with Crippen LogP contribution >= 0.6 is 0 Å². The summed E-state index contributed by atoms with van der Waals surface area (Å²) in [7, 11) is -3.49. The molecule has 3 aromatic rings. The molecule has 1 heterocycles. The van der Waals surface area contributed by atoms with Gasteiger partial charge in [-0.25, -0.2) is 13.1 Å². The van der Waals surface area contributed by atoms with Gasteiger partial charge in [-0.15, -0.1) is 10.2 Å². The molecule has 1 N–H and O–H groups in total. The van der Waals surface area contributed by atoms with E-state index >= 15 is 0 Å². The van der Waals surface area contributed by atoms with Gasteiger partial charge in [-0.3, -0.25) is 0 Å². The first-order valence-corrected chi connectivity index (χ1v) is 9.49. The maximum absolute atomic E-state index is 12.2. The van der Waals surface area contributed by atoms with Gasteiger partial charge in [0.05, 0.1) is 12.3 Å². The van der Waals surface area contributed by atoms with E-state index in [0.29, 0.717) is 5.89 Å². The van der Waals surface area contributed by atoms with Gasteiger partial charge in [0, 0.05) is 5.56 Å². The Balaban J connectivity index is 1.65. The van der Waals surface area contributed by atoms with Gasteiger partial charge in [0.15, 0.2) is 0 Å². The topological polar surface area (TPSA) is 85.1 Å². The van der Waals surface area contributed by atoms with E-state index in [2.05, 4.69) is 14.9 Å². The summed E-state index contributed by atoms with van der Waals surface area (Å²) in [5.74, 6) is 0.508.